The van der Waals surface area contributed by atoms with Gasteiger partial charge in [-0.1, -0.05) is 36.4 Å². The predicted octanol–water partition coefficient (Wildman–Crippen LogP) is 3.15. The van der Waals surface area contributed by atoms with E-state index in [0.29, 0.717) is 0 Å². The molecular formula is C22H21N3O3. The molecule has 1 fully saturated rings. The maximum Gasteiger partial charge on any atom is 0.275 e. The van der Waals surface area contributed by atoms with Gasteiger partial charge in [-0.05, 0) is 40.6 Å². The van der Waals surface area contributed by atoms with E-state index in [9.17, 15) is 9.90 Å². The van der Waals surface area contributed by atoms with Gasteiger partial charge in [0.2, 0.25) is 0 Å². The highest BCUT2D eigenvalue weighted by atomic mass is 16.5. The molecule has 0 unspecified atom stereocenters. The molecule has 4 rings (SSSR count). The Kier molecular flexibility index (Phi) is 5.21. The van der Waals surface area contributed by atoms with Gasteiger partial charge >= 0.3 is 0 Å². The molecule has 6 nitrogen and oxygen atoms in total. The van der Waals surface area contributed by atoms with E-state index in [1.807, 2.05) is 48.5 Å². The molecule has 0 radical (unpaired) electrons. The zero-order valence-electron chi connectivity index (χ0n) is 15.3. The summed E-state index contributed by atoms with van der Waals surface area (Å²) in [4.78, 5) is 14.6. The molecule has 0 atom stereocenters. The molecule has 6 heteroatoms. The van der Waals surface area contributed by atoms with Crippen molar-refractivity contribution < 1.29 is 14.6 Å². The average molecular weight is 375 g/mol. The number of amides is 1. The number of anilines is 1. The number of phenols is 1. The molecule has 0 aliphatic carbocycles. The predicted molar refractivity (Wildman–Crippen MR) is 110 cm³/mol. The Morgan fingerprint density at radius 2 is 1.71 bits per heavy atom. The lowest BCUT2D eigenvalue weighted by Gasteiger charge is -2.28. The monoisotopic (exact) mass is 375 g/mol. The van der Waals surface area contributed by atoms with Gasteiger partial charge in [-0.25, -0.2) is 5.43 Å². The summed E-state index contributed by atoms with van der Waals surface area (Å²) in [5, 5.41) is 15.9. The Labute approximate surface area is 163 Å². The summed E-state index contributed by atoms with van der Waals surface area (Å²) in [6.45, 7) is 3.27. The van der Waals surface area contributed by atoms with E-state index in [2.05, 4.69) is 15.4 Å². The fourth-order valence-electron chi connectivity index (χ4n) is 3.23. The fourth-order valence-corrected chi connectivity index (χ4v) is 3.23. The first-order valence-electron chi connectivity index (χ1n) is 9.19. The van der Waals surface area contributed by atoms with Gasteiger partial charge in [-0.3, -0.25) is 4.79 Å². The highest BCUT2D eigenvalue weighted by Crippen LogP contribution is 2.24. The highest BCUT2D eigenvalue weighted by Gasteiger charge is 2.12. The summed E-state index contributed by atoms with van der Waals surface area (Å²) in [5.41, 5.74) is 4.69. The third-order valence-electron chi connectivity index (χ3n) is 4.76. The van der Waals surface area contributed by atoms with Crippen LogP contribution in [0.15, 0.2) is 65.8 Å². The van der Waals surface area contributed by atoms with Crippen molar-refractivity contribution in [1.82, 2.24) is 5.43 Å². The molecule has 0 bridgehead atoms. The molecule has 142 valence electrons. The Morgan fingerprint density at radius 3 is 2.43 bits per heavy atom. The Morgan fingerprint density at radius 1 is 1.04 bits per heavy atom. The van der Waals surface area contributed by atoms with E-state index >= 15 is 0 Å². The number of aromatic hydroxyl groups is 1. The van der Waals surface area contributed by atoms with Gasteiger partial charge in [0.25, 0.3) is 5.91 Å². The van der Waals surface area contributed by atoms with E-state index in [4.69, 9.17) is 4.74 Å². The Balaban J connectivity index is 1.41. The molecule has 1 heterocycles. The lowest BCUT2D eigenvalue weighted by atomic mass is 10.1. The second kappa shape index (κ2) is 8.10. The van der Waals surface area contributed by atoms with E-state index in [-0.39, 0.29) is 11.3 Å². The van der Waals surface area contributed by atoms with Crippen LogP contribution in [-0.2, 0) is 4.74 Å². The van der Waals surface area contributed by atoms with Gasteiger partial charge in [0.1, 0.15) is 5.75 Å². The van der Waals surface area contributed by atoms with Crippen LogP contribution in [0.1, 0.15) is 15.9 Å². The molecule has 0 saturated carbocycles. The summed E-state index contributed by atoms with van der Waals surface area (Å²) < 4.78 is 5.37. The molecule has 3 aromatic rings. The van der Waals surface area contributed by atoms with Crippen LogP contribution in [0, 0.1) is 0 Å². The standard InChI is InChI=1S/C22H21N3O3/c26-21-14-18-4-2-1-3-17(18)13-20(21)22(27)24-23-15-16-5-7-19(8-6-16)25-9-11-28-12-10-25/h1-8,13-15,26H,9-12H2,(H,24,27)/b23-15+. The van der Waals surface area contributed by atoms with Gasteiger partial charge < -0.3 is 14.7 Å². The number of carbonyl (C=O) groups excluding carboxylic acids is 1. The fraction of sp³-hybridized carbons (Fsp3) is 0.182. The summed E-state index contributed by atoms with van der Waals surface area (Å²) in [6, 6.07) is 18.8. The topological polar surface area (TPSA) is 74.2 Å². The molecule has 1 aliphatic heterocycles. The number of fused-ring (bicyclic) bond motifs is 1. The first kappa shape index (κ1) is 18.0. The first-order valence-corrected chi connectivity index (χ1v) is 9.19. The maximum absolute atomic E-state index is 12.4. The minimum Gasteiger partial charge on any atom is -0.507 e. The highest BCUT2D eigenvalue weighted by molar-refractivity contribution is 6.01. The van der Waals surface area contributed by atoms with Gasteiger partial charge in [-0.2, -0.15) is 5.10 Å². The van der Waals surface area contributed by atoms with Gasteiger partial charge in [0.15, 0.2) is 0 Å². The van der Waals surface area contributed by atoms with Crippen LogP contribution in [0.4, 0.5) is 5.69 Å². The molecule has 1 aliphatic rings. The molecule has 0 aromatic heterocycles. The van der Waals surface area contributed by atoms with E-state index < -0.39 is 5.91 Å². The van der Waals surface area contributed by atoms with E-state index in [1.54, 1.807) is 18.3 Å². The average Bonchev–Trinajstić information content (AvgIpc) is 2.74. The van der Waals surface area contributed by atoms with Crippen molar-refractivity contribution in [3.8, 4) is 5.75 Å². The number of nitrogens with zero attached hydrogens (tertiary/aromatic N) is 2. The third kappa shape index (κ3) is 3.97. The van der Waals surface area contributed by atoms with Crippen molar-refractivity contribution in [3.63, 3.8) is 0 Å². The second-order valence-corrected chi connectivity index (χ2v) is 6.61. The first-order chi connectivity index (χ1) is 13.7. The number of morpholine rings is 1. The van der Waals surface area contributed by atoms with Crippen LogP contribution in [-0.4, -0.2) is 43.5 Å². The van der Waals surface area contributed by atoms with Crippen molar-refractivity contribution in [2.45, 2.75) is 0 Å². The number of hydrazone groups is 1. The zero-order chi connectivity index (χ0) is 19.3. The maximum atomic E-state index is 12.4. The van der Waals surface area contributed by atoms with Gasteiger partial charge in [0.05, 0.1) is 25.0 Å². The number of hydrogen-bond acceptors (Lipinski definition) is 5. The van der Waals surface area contributed by atoms with Gasteiger partial charge in [0, 0.05) is 18.8 Å². The van der Waals surface area contributed by atoms with Crippen molar-refractivity contribution in [2.24, 2.45) is 5.10 Å². The van der Waals surface area contributed by atoms with Crippen LogP contribution in [0.3, 0.4) is 0 Å². The van der Waals surface area contributed by atoms with Crippen molar-refractivity contribution in [2.75, 3.05) is 31.2 Å². The number of phenolic OH excluding ortho intramolecular Hbond substituents is 1. The van der Waals surface area contributed by atoms with Crippen LogP contribution in [0.25, 0.3) is 10.8 Å². The molecule has 3 aromatic carbocycles. The zero-order valence-corrected chi connectivity index (χ0v) is 15.3. The minimum absolute atomic E-state index is 0.0683. The summed E-state index contributed by atoms with van der Waals surface area (Å²) in [6.07, 6.45) is 1.58. The lowest BCUT2D eigenvalue weighted by molar-refractivity contribution is 0.0952. The Bertz CT molecular complexity index is 1010. The van der Waals surface area contributed by atoms with Crippen LogP contribution < -0.4 is 10.3 Å². The normalized spacial score (nSPS) is 14.5. The van der Waals surface area contributed by atoms with E-state index in [0.717, 1.165) is 48.3 Å². The molecule has 28 heavy (non-hydrogen) atoms. The SMILES string of the molecule is O=C(N/N=C/c1ccc(N2CCOCC2)cc1)c1cc2ccccc2cc1O. The molecule has 1 saturated heterocycles. The van der Waals surface area contributed by atoms with Crippen LogP contribution >= 0.6 is 0 Å². The smallest absolute Gasteiger partial charge is 0.275 e. The summed E-state index contributed by atoms with van der Waals surface area (Å²) >= 11 is 0. The minimum atomic E-state index is -0.454. The Hall–Kier alpha value is -3.38. The number of rotatable bonds is 4. The molecular weight excluding hydrogens is 354 g/mol. The largest absolute Gasteiger partial charge is 0.507 e. The molecule has 2 N–H and O–H groups in total. The summed E-state index contributed by atoms with van der Waals surface area (Å²) in [7, 11) is 0. The van der Waals surface area contributed by atoms with Gasteiger partial charge in [-0.15, -0.1) is 0 Å². The number of hydrogen-bond donors (Lipinski definition) is 2. The van der Waals surface area contributed by atoms with Crippen molar-refractivity contribution in [3.05, 3.63) is 71.8 Å². The van der Waals surface area contributed by atoms with Crippen LogP contribution in [0.5, 0.6) is 5.75 Å². The molecule has 1 amide bonds. The van der Waals surface area contributed by atoms with E-state index in [1.165, 1.54) is 0 Å². The number of nitrogens with one attached hydrogen (secondary N) is 1. The third-order valence-corrected chi connectivity index (χ3v) is 4.76. The number of carbonyl (C=O) groups is 1. The quantitative estimate of drug-likeness (QED) is 0.543. The molecule has 0 spiro atoms. The van der Waals surface area contributed by atoms with Crippen molar-refractivity contribution in [1.29, 1.82) is 0 Å². The lowest BCUT2D eigenvalue weighted by Crippen LogP contribution is -2.36. The van der Waals surface area contributed by atoms with Crippen molar-refractivity contribution >= 4 is 28.6 Å². The van der Waals surface area contributed by atoms with Crippen LogP contribution in [0.2, 0.25) is 0 Å². The summed E-state index contributed by atoms with van der Waals surface area (Å²) in [5.74, 6) is -0.522. The number of ether oxygens (including phenoxy) is 1. The second-order valence-electron chi connectivity index (χ2n) is 6.61. The number of benzene rings is 3.